The molecule has 0 aliphatic carbocycles. The number of nitrogens with one attached hydrogen (secondary N) is 2. The Labute approximate surface area is 175 Å². The molecule has 2 aliphatic heterocycles. The van der Waals surface area contributed by atoms with Gasteiger partial charge in [0.05, 0.1) is 37.6 Å². The summed E-state index contributed by atoms with van der Waals surface area (Å²) in [5, 5.41) is 5.94. The minimum absolute atomic E-state index is 0.0261. The molecule has 1 aromatic carbocycles. The topological polar surface area (TPSA) is 92.8 Å². The first-order chi connectivity index (χ1) is 14.7. The standard InChI is InChI=1S/C22H26N4O4/c1-29-19-7-3-2-5-15(19)8-9-23-22(28)16-11-18-21(24-12-16)25-13-20(27)26(18)14-17-6-4-10-30-17/h2-3,5,7,11-12,17H,4,6,8-10,13-14H2,1H3,(H,23,28)(H,24,25). The van der Waals surface area contributed by atoms with E-state index in [1.165, 1.54) is 6.20 Å². The van der Waals surface area contributed by atoms with Crippen molar-refractivity contribution in [3.63, 3.8) is 0 Å². The number of pyridine rings is 1. The van der Waals surface area contributed by atoms with Crippen LogP contribution in [0.5, 0.6) is 5.75 Å². The molecule has 0 spiro atoms. The fourth-order valence-corrected chi connectivity index (χ4v) is 3.82. The third kappa shape index (κ3) is 4.38. The number of benzene rings is 1. The van der Waals surface area contributed by atoms with Crippen LogP contribution in [0.1, 0.15) is 28.8 Å². The number of rotatable bonds is 7. The van der Waals surface area contributed by atoms with Crippen molar-refractivity contribution >= 4 is 23.3 Å². The first-order valence-corrected chi connectivity index (χ1v) is 10.2. The van der Waals surface area contributed by atoms with E-state index in [9.17, 15) is 9.59 Å². The molecule has 1 unspecified atom stereocenters. The number of amides is 2. The molecule has 1 atom stereocenters. The summed E-state index contributed by atoms with van der Waals surface area (Å²) < 4.78 is 11.0. The maximum absolute atomic E-state index is 12.7. The van der Waals surface area contributed by atoms with Gasteiger partial charge in [-0.2, -0.15) is 0 Å². The molecule has 1 saturated heterocycles. The summed E-state index contributed by atoms with van der Waals surface area (Å²) in [4.78, 5) is 31.2. The van der Waals surface area contributed by atoms with Gasteiger partial charge < -0.3 is 25.0 Å². The zero-order chi connectivity index (χ0) is 20.9. The van der Waals surface area contributed by atoms with Crippen LogP contribution in [0, 0.1) is 0 Å². The highest BCUT2D eigenvalue weighted by atomic mass is 16.5. The molecular weight excluding hydrogens is 384 g/mol. The Hall–Kier alpha value is -3.13. The van der Waals surface area contributed by atoms with Crippen molar-refractivity contribution in [2.45, 2.75) is 25.4 Å². The number of fused-ring (bicyclic) bond motifs is 1. The molecule has 8 heteroatoms. The minimum atomic E-state index is -0.227. The lowest BCUT2D eigenvalue weighted by Gasteiger charge is -2.31. The molecule has 2 aromatic rings. The van der Waals surface area contributed by atoms with E-state index in [1.54, 1.807) is 18.1 Å². The number of aromatic nitrogens is 1. The van der Waals surface area contributed by atoms with Crippen LogP contribution in [0.2, 0.25) is 0 Å². The van der Waals surface area contributed by atoms with Gasteiger partial charge in [0, 0.05) is 19.3 Å². The van der Waals surface area contributed by atoms with Crippen LogP contribution >= 0.6 is 0 Å². The Morgan fingerprint density at radius 1 is 1.40 bits per heavy atom. The Bertz CT molecular complexity index is 927. The number of carbonyl (C=O) groups is 2. The lowest BCUT2D eigenvalue weighted by atomic mass is 10.1. The number of nitrogens with zero attached hydrogens (tertiary/aromatic N) is 2. The minimum Gasteiger partial charge on any atom is -0.496 e. The molecule has 0 saturated carbocycles. The first kappa shape index (κ1) is 20.2. The van der Waals surface area contributed by atoms with E-state index in [0.717, 1.165) is 30.8 Å². The van der Waals surface area contributed by atoms with E-state index in [0.29, 0.717) is 36.6 Å². The monoisotopic (exact) mass is 410 g/mol. The van der Waals surface area contributed by atoms with Gasteiger partial charge in [-0.3, -0.25) is 9.59 Å². The predicted molar refractivity (Wildman–Crippen MR) is 113 cm³/mol. The summed E-state index contributed by atoms with van der Waals surface area (Å²) >= 11 is 0. The second-order valence-electron chi connectivity index (χ2n) is 7.40. The number of hydrogen-bond donors (Lipinski definition) is 2. The van der Waals surface area contributed by atoms with Gasteiger partial charge in [0.2, 0.25) is 5.91 Å². The van der Waals surface area contributed by atoms with Crippen molar-refractivity contribution in [1.82, 2.24) is 10.3 Å². The lowest BCUT2D eigenvalue weighted by molar-refractivity contribution is -0.117. The Morgan fingerprint density at radius 3 is 3.07 bits per heavy atom. The number of carbonyl (C=O) groups excluding carboxylic acids is 2. The fourth-order valence-electron chi connectivity index (χ4n) is 3.82. The van der Waals surface area contributed by atoms with E-state index in [4.69, 9.17) is 9.47 Å². The van der Waals surface area contributed by atoms with Crippen molar-refractivity contribution in [2.24, 2.45) is 0 Å². The van der Waals surface area contributed by atoms with E-state index < -0.39 is 0 Å². The van der Waals surface area contributed by atoms with Crippen molar-refractivity contribution in [2.75, 3.05) is 43.6 Å². The fraction of sp³-hybridized carbons (Fsp3) is 0.409. The second-order valence-corrected chi connectivity index (χ2v) is 7.40. The highest BCUT2D eigenvalue weighted by Crippen LogP contribution is 2.30. The number of hydrogen-bond acceptors (Lipinski definition) is 6. The van der Waals surface area contributed by atoms with Gasteiger partial charge in [0.25, 0.3) is 5.91 Å². The molecular formula is C22H26N4O4. The number of anilines is 2. The highest BCUT2D eigenvalue weighted by molar-refractivity contribution is 6.04. The van der Waals surface area contributed by atoms with Crippen LogP contribution in [0.3, 0.4) is 0 Å². The van der Waals surface area contributed by atoms with Crippen LogP contribution in [0.15, 0.2) is 36.5 Å². The molecule has 1 fully saturated rings. The molecule has 1 aromatic heterocycles. The molecule has 2 aliphatic rings. The second kappa shape index (κ2) is 9.13. The average Bonchev–Trinajstić information content (AvgIpc) is 3.29. The van der Waals surface area contributed by atoms with E-state index in [-0.39, 0.29) is 24.5 Å². The molecule has 0 radical (unpaired) electrons. The molecule has 158 valence electrons. The normalized spacial score (nSPS) is 18.0. The van der Waals surface area contributed by atoms with Gasteiger partial charge in [-0.05, 0) is 37.0 Å². The van der Waals surface area contributed by atoms with Crippen molar-refractivity contribution < 1.29 is 19.1 Å². The average molecular weight is 410 g/mol. The summed E-state index contributed by atoms with van der Waals surface area (Å²) in [5.41, 5.74) is 2.07. The van der Waals surface area contributed by atoms with Gasteiger partial charge in [-0.15, -0.1) is 0 Å². The molecule has 30 heavy (non-hydrogen) atoms. The van der Waals surface area contributed by atoms with Crippen LogP contribution in [-0.4, -0.2) is 56.3 Å². The van der Waals surface area contributed by atoms with E-state index in [2.05, 4.69) is 15.6 Å². The molecule has 0 bridgehead atoms. The van der Waals surface area contributed by atoms with E-state index >= 15 is 0 Å². The maximum atomic E-state index is 12.7. The van der Waals surface area contributed by atoms with Gasteiger partial charge in [0.15, 0.2) is 0 Å². The van der Waals surface area contributed by atoms with Crippen molar-refractivity contribution in [3.8, 4) is 5.75 Å². The van der Waals surface area contributed by atoms with Gasteiger partial charge in [-0.25, -0.2) is 4.98 Å². The third-order valence-electron chi connectivity index (χ3n) is 5.41. The van der Waals surface area contributed by atoms with Gasteiger partial charge in [-0.1, -0.05) is 18.2 Å². The summed E-state index contributed by atoms with van der Waals surface area (Å²) in [6, 6.07) is 9.46. The maximum Gasteiger partial charge on any atom is 0.252 e. The smallest absolute Gasteiger partial charge is 0.252 e. The zero-order valence-corrected chi connectivity index (χ0v) is 17.0. The third-order valence-corrected chi connectivity index (χ3v) is 5.41. The number of ether oxygens (including phenoxy) is 2. The molecule has 3 heterocycles. The SMILES string of the molecule is COc1ccccc1CCNC(=O)c1cnc2c(c1)N(CC1CCCO1)C(=O)CN2. The first-order valence-electron chi connectivity index (χ1n) is 10.2. The zero-order valence-electron chi connectivity index (χ0n) is 17.0. The highest BCUT2D eigenvalue weighted by Gasteiger charge is 2.29. The van der Waals surface area contributed by atoms with Crippen molar-refractivity contribution in [1.29, 1.82) is 0 Å². The number of methoxy groups -OCH3 is 1. The summed E-state index contributed by atoms with van der Waals surface area (Å²) in [6.45, 7) is 1.86. The van der Waals surface area contributed by atoms with Crippen molar-refractivity contribution in [3.05, 3.63) is 47.7 Å². The van der Waals surface area contributed by atoms with E-state index in [1.807, 2.05) is 24.3 Å². The predicted octanol–water partition coefficient (Wildman–Crippen LogP) is 2.00. The number of para-hydroxylation sites is 1. The summed E-state index contributed by atoms with van der Waals surface area (Å²) in [6.07, 6.45) is 4.15. The Kier molecular flexibility index (Phi) is 6.13. The largest absolute Gasteiger partial charge is 0.496 e. The van der Waals surface area contributed by atoms with Crippen LogP contribution in [0.25, 0.3) is 0 Å². The van der Waals surface area contributed by atoms with Gasteiger partial charge >= 0.3 is 0 Å². The quantitative estimate of drug-likeness (QED) is 0.725. The van der Waals surface area contributed by atoms with Crippen LogP contribution in [-0.2, 0) is 16.0 Å². The van der Waals surface area contributed by atoms with Gasteiger partial charge in [0.1, 0.15) is 11.6 Å². The Balaban J connectivity index is 1.43. The summed E-state index contributed by atoms with van der Waals surface area (Å²) in [5.74, 6) is 1.14. The molecule has 4 rings (SSSR count). The molecule has 2 amide bonds. The van der Waals surface area contributed by atoms with Crippen LogP contribution < -0.4 is 20.3 Å². The Morgan fingerprint density at radius 2 is 2.27 bits per heavy atom. The lowest BCUT2D eigenvalue weighted by Crippen LogP contribution is -2.44. The summed E-state index contributed by atoms with van der Waals surface area (Å²) in [7, 11) is 1.63. The van der Waals surface area contributed by atoms with Crippen LogP contribution in [0.4, 0.5) is 11.5 Å². The molecule has 2 N–H and O–H groups in total. The molecule has 8 nitrogen and oxygen atoms in total.